The molecule has 28 heavy (non-hydrogen) atoms. The number of hydrogen-bond donors (Lipinski definition) is 2. The predicted octanol–water partition coefficient (Wildman–Crippen LogP) is 3.38. The van der Waals surface area contributed by atoms with Gasteiger partial charge in [-0.1, -0.05) is 23.2 Å². The number of amides is 4. The van der Waals surface area contributed by atoms with Gasteiger partial charge in [0.1, 0.15) is 11.1 Å². The van der Waals surface area contributed by atoms with E-state index in [1.165, 1.54) is 32.5 Å². The van der Waals surface area contributed by atoms with E-state index in [0.29, 0.717) is 24.1 Å². The molecule has 0 aliphatic carbocycles. The molecule has 1 fully saturated rings. The Labute approximate surface area is 178 Å². The Balaban J connectivity index is 1.60. The van der Waals surface area contributed by atoms with Gasteiger partial charge in [-0.2, -0.15) is 0 Å². The molecule has 0 aromatic carbocycles. The van der Waals surface area contributed by atoms with Gasteiger partial charge in [-0.05, 0) is 18.2 Å². The minimum atomic E-state index is -0.575. The van der Waals surface area contributed by atoms with Crippen LogP contribution in [-0.4, -0.2) is 49.2 Å². The molecule has 0 bridgehead atoms. The van der Waals surface area contributed by atoms with Gasteiger partial charge < -0.3 is 20.7 Å². The number of cyclic esters (lactones) is 1. The van der Waals surface area contributed by atoms with E-state index in [1.54, 1.807) is 25.2 Å². The van der Waals surface area contributed by atoms with Crippen LogP contribution in [0.3, 0.4) is 0 Å². The number of hydrogen-bond acceptors (Lipinski definition) is 6. The summed E-state index contributed by atoms with van der Waals surface area (Å²) in [6, 6.07) is 4.35. The van der Waals surface area contributed by atoms with Crippen molar-refractivity contribution in [2.75, 3.05) is 25.0 Å². The van der Waals surface area contributed by atoms with Gasteiger partial charge in [0, 0.05) is 11.9 Å². The van der Waals surface area contributed by atoms with Crippen LogP contribution in [0, 0.1) is 0 Å². The van der Waals surface area contributed by atoms with Crippen LogP contribution >= 0.6 is 45.9 Å². The van der Waals surface area contributed by atoms with Crippen molar-refractivity contribution in [2.24, 2.45) is 5.73 Å². The fourth-order valence-electron chi connectivity index (χ4n) is 2.47. The molecular weight excluding hydrogens is 447 g/mol. The Kier molecular flexibility index (Phi) is 6.33. The largest absolute Gasteiger partial charge is 0.442 e. The van der Waals surface area contributed by atoms with E-state index >= 15 is 0 Å². The summed E-state index contributed by atoms with van der Waals surface area (Å²) in [6.45, 7) is 0.684. The smallest absolute Gasteiger partial charge is 0.415 e. The lowest BCUT2D eigenvalue weighted by molar-refractivity contribution is 0.0920. The molecule has 0 saturated carbocycles. The fraction of sp³-hybridized carbons (Fsp3) is 0.312. The second-order valence-electron chi connectivity index (χ2n) is 5.98. The van der Waals surface area contributed by atoms with Crippen molar-refractivity contribution < 1.29 is 19.1 Å². The third kappa shape index (κ3) is 4.69. The topological polar surface area (TPSA) is 105 Å². The monoisotopic (exact) mass is 462 g/mol. The molecule has 3 rings (SSSR count). The summed E-state index contributed by atoms with van der Waals surface area (Å²) in [5.74, 6) is -0.276. The Hall–Kier alpha value is -2.01. The highest BCUT2D eigenvalue weighted by Crippen LogP contribution is 2.36. The van der Waals surface area contributed by atoms with Crippen molar-refractivity contribution in [3.63, 3.8) is 0 Å². The maximum Gasteiger partial charge on any atom is 0.415 e. The fourth-order valence-corrected chi connectivity index (χ4v) is 4.87. The molecule has 12 heteroatoms. The number of carbonyl (C=O) groups excluding carboxylic acids is 3. The minimum absolute atomic E-state index is 0.174. The Morgan fingerprint density at radius 2 is 2.14 bits per heavy atom. The summed E-state index contributed by atoms with van der Waals surface area (Å²) in [5.41, 5.74) is 5.23. The van der Waals surface area contributed by atoms with Crippen LogP contribution < -0.4 is 16.0 Å². The summed E-state index contributed by atoms with van der Waals surface area (Å²) in [4.78, 5) is 39.4. The number of rotatable bonds is 6. The number of anilines is 1. The predicted molar refractivity (Wildman–Crippen MR) is 110 cm³/mol. The molecule has 0 radical (unpaired) electrons. The molecule has 0 unspecified atom stereocenters. The van der Waals surface area contributed by atoms with E-state index in [2.05, 4.69) is 5.32 Å². The summed E-state index contributed by atoms with van der Waals surface area (Å²) in [7, 11) is 1.56. The molecule has 2 aromatic rings. The quantitative estimate of drug-likeness (QED) is 0.685. The molecule has 1 atom stereocenters. The van der Waals surface area contributed by atoms with Crippen molar-refractivity contribution in [3.05, 3.63) is 37.3 Å². The summed E-state index contributed by atoms with van der Waals surface area (Å²) >= 11 is 14.5. The van der Waals surface area contributed by atoms with Gasteiger partial charge in [0.25, 0.3) is 5.91 Å². The highest BCUT2D eigenvalue weighted by atomic mass is 35.5. The number of primary amides is 1. The first-order chi connectivity index (χ1) is 13.2. The zero-order chi connectivity index (χ0) is 20.4. The molecule has 4 amide bonds. The first-order valence-corrected chi connectivity index (χ1v) is 10.4. The van der Waals surface area contributed by atoms with Crippen LogP contribution in [0.5, 0.6) is 0 Å². The molecular formula is C16H16Cl2N4O4S2. The number of nitrogens with one attached hydrogen (secondary N) is 1. The van der Waals surface area contributed by atoms with Crippen molar-refractivity contribution in [2.45, 2.75) is 12.6 Å². The number of thiophene rings is 2. The van der Waals surface area contributed by atoms with E-state index in [-0.39, 0.29) is 25.5 Å². The zero-order valence-electron chi connectivity index (χ0n) is 14.6. The van der Waals surface area contributed by atoms with Gasteiger partial charge in [0.15, 0.2) is 0 Å². The van der Waals surface area contributed by atoms with Crippen LogP contribution in [0.2, 0.25) is 9.36 Å². The molecule has 1 saturated heterocycles. The number of halogens is 2. The van der Waals surface area contributed by atoms with Crippen molar-refractivity contribution in [3.8, 4) is 0 Å². The first kappa shape index (κ1) is 20.7. The van der Waals surface area contributed by atoms with Gasteiger partial charge >= 0.3 is 12.1 Å². The van der Waals surface area contributed by atoms with Crippen LogP contribution in [-0.2, 0) is 11.3 Å². The van der Waals surface area contributed by atoms with E-state index in [0.717, 1.165) is 0 Å². The molecule has 2 aromatic heterocycles. The lowest BCUT2D eigenvalue weighted by Crippen LogP contribution is -2.34. The molecule has 150 valence electrons. The number of urea groups is 1. The lowest BCUT2D eigenvalue weighted by Gasteiger charge is -2.13. The van der Waals surface area contributed by atoms with Gasteiger partial charge in [-0.25, -0.2) is 9.59 Å². The van der Waals surface area contributed by atoms with Gasteiger partial charge in [-0.15, -0.1) is 22.7 Å². The number of carbonyl (C=O) groups is 3. The second-order valence-corrected chi connectivity index (χ2v) is 9.22. The molecule has 8 nitrogen and oxygen atoms in total. The lowest BCUT2D eigenvalue weighted by atomic mass is 10.3. The van der Waals surface area contributed by atoms with E-state index in [4.69, 9.17) is 33.7 Å². The SMILES string of the molecule is CN(Cc1sc(N2C[C@H](CNC(=O)c3ccc(Cl)s3)OC2=O)cc1Cl)C(N)=O. The Bertz CT molecular complexity index is 916. The molecule has 3 heterocycles. The number of nitrogens with zero attached hydrogens (tertiary/aromatic N) is 2. The highest BCUT2D eigenvalue weighted by molar-refractivity contribution is 7.18. The third-order valence-corrected chi connectivity index (χ3v) is 6.75. The summed E-state index contributed by atoms with van der Waals surface area (Å²) in [5, 5.41) is 3.77. The van der Waals surface area contributed by atoms with Crippen LogP contribution in [0.4, 0.5) is 14.6 Å². The molecule has 1 aliphatic heterocycles. The average molecular weight is 463 g/mol. The molecule has 1 aliphatic rings. The van der Waals surface area contributed by atoms with Crippen LogP contribution in [0.25, 0.3) is 0 Å². The standard InChI is InChI=1S/C16H16Cl2N4O4S2/c1-21(15(19)24)7-11-9(17)4-13(28-11)22-6-8(26-16(22)25)5-20-14(23)10-2-3-12(18)27-10/h2-4,8H,5-7H2,1H3,(H2,19,24)(H,20,23)/t8-/m0/s1. The maximum absolute atomic E-state index is 12.2. The average Bonchev–Trinajstić information content (AvgIpc) is 3.32. The van der Waals surface area contributed by atoms with E-state index < -0.39 is 18.2 Å². The second kappa shape index (κ2) is 8.56. The minimum Gasteiger partial charge on any atom is -0.442 e. The van der Waals surface area contributed by atoms with E-state index in [1.807, 2.05) is 0 Å². The van der Waals surface area contributed by atoms with Crippen molar-refractivity contribution in [1.29, 1.82) is 0 Å². The summed E-state index contributed by atoms with van der Waals surface area (Å²) in [6.07, 6.45) is -1.02. The van der Waals surface area contributed by atoms with Gasteiger partial charge in [-0.3, -0.25) is 9.69 Å². The van der Waals surface area contributed by atoms with E-state index in [9.17, 15) is 14.4 Å². The third-order valence-electron chi connectivity index (χ3n) is 3.93. The highest BCUT2D eigenvalue weighted by Gasteiger charge is 2.34. The van der Waals surface area contributed by atoms with Crippen LogP contribution in [0.15, 0.2) is 18.2 Å². The Morgan fingerprint density at radius 1 is 1.39 bits per heavy atom. The molecule has 3 N–H and O–H groups in total. The normalized spacial score (nSPS) is 16.2. The van der Waals surface area contributed by atoms with Gasteiger partial charge in [0.2, 0.25) is 0 Å². The zero-order valence-corrected chi connectivity index (χ0v) is 17.8. The first-order valence-electron chi connectivity index (χ1n) is 8.05. The van der Waals surface area contributed by atoms with Crippen LogP contribution in [0.1, 0.15) is 14.5 Å². The van der Waals surface area contributed by atoms with Gasteiger partial charge in [0.05, 0.1) is 33.9 Å². The number of ether oxygens (including phenoxy) is 1. The molecule has 0 spiro atoms. The van der Waals surface area contributed by atoms with Crippen molar-refractivity contribution >= 4 is 68.9 Å². The van der Waals surface area contributed by atoms with Crippen molar-refractivity contribution in [1.82, 2.24) is 10.2 Å². The Morgan fingerprint density at radius 3 is 2.79 bits per heavy atom. The maximum atomic E-state index is 12.2. The summed E-state index contributed by atoms with van der Waals surface area (Å²) < 4.78 is 5.84. The number of nitrogens with two attached hydrogens (primary N) is 1.